The van der Waals surface area contributed by atoms with Crippen molar-refractivity contribution in [2.24, 2.45) is 5.73 Å². The molecule has 0 heterocycles. The molecule has 0 atom stereocenters. The van der Waals surface area contributed by atoms with E-state index in [4.69, 9.17) is 19.0 Å². The zero-order chi connectivity index (χ0) is 17.2. The van der Waals surface area contributed by atoms with Gasteiger partial charge in [-0.25, -0.2) is 0 Å². The van der Waals surface area contributed by atoms with Gasteiger partial charge in [0, 0.05) is 33.4 Å². The number of hydrogen-bond acceptors (Lipinski definition) is 5. The minimum Gasteiger partial charge on any atom is -0.377 e. The van der Waals surface area contributed by atoms with Gasteiger partial charge in [-0.15, -0.1) is 0 Å². The summed E-state index contributed by atoms with van der Waals surface area (Å²) >= 11 is 0. The third-order valence-corrected chi connectivity index (χ3v) is 6.76. The van der Waals surface area contributed by atoms with E-state index in [2.05, 4.69) is 31.3 Å². The van der Waals surface area contributed by atoms with Crippen molar-refractivity contribution in [3.63, 3.8) is 0 Å². The maximum atomic E-state index is 6.38. The molecule has 0 bridgehead atoms. The van der Waals surface area contributed by atoms with E-state index in [0.29, 0.717) is 6.54 Å². The zero-order valence-corrected chi connectivity index (χ0v) is 15.9. The summed E-state index contributed by atoms with van der Waals surface area (Å²) in [6.07, 6.45) is 1.76. The molecule has 1 aromatic rings. The Kier molecular flexibility index (Phi) is 8.97. The van der Waals surface area contributed by atoms with Crippen molar-refractivity contribution in [3.8, 4) is 0 Å². The lowest BCUT2D eigenvalue weighted by molar-refractivity contribution is 0.00532. The van der Waals surface area contributed by atoms with Crippen LogP contribution in [0.5, 0.6) is 0 Å². The van der Waals surface area contributed by atoms with Gasteiger partial charge >= 0.3 is 8.80 Å². The molecule has 0 amide bonds. The van der Waals surface area contributed by atoms with Crippen LogP contribution in [0.15, 0.2) is 30.3 Å². The fourth-order valence-electron chi connectivity index (χ4n) is 2.62. The number of nitrogens with one attached hydrogen (secondary N) is 1. The van der Waals surface area contributed by atoms with Crippen LogP contribution in [0, 0.1) is 0 Å². The van der Waals surface area contributed by atoms with E-state index in [1.165, 1.54) is 5.56 Å². The summed E-state index contributed by atoms with van der Waals surface area (Å²) < 4.78 is 17.8. The molecular weight excluding hydrogens is 308 g/mol. The van der Waals surface area contributed by atoms with Crippen LogP contribution < -0.4 is 11.1 Å². The molecule has 5 nitrogen and oxygen atoms in total. The smallest absolute Gasteiger partial charge is 0.377 e. The summed E-state index contributed by atoms with van der Waals surface area (Å²) in [6.45, 7) is 6.55. The van der Waals surface area contributed by atoms with Crippen LogP contribution in [0.25, 0.3) is 0 Å². The molecule has 23 heavy (non-hydrogen) atoms. The van der Waals surface area contributed by atoms with Gasteiger partial charge in [-0.1, -0.05) is 30.3 Å². The topological polar surface area (TPSA) is 65.7 Å². The minimum atomic E-state index is -2.66. The van der Waals surface area contributed by atoms with Gasteiger partial charge in [0.05, 0.1) is 5.60 Å². The molecular formula is C17H32N2O3Si. The molecule has 0 unspecified atom stereocenters. The standard InChI is InChI=1S/C17H32N2O3Si/c1-17(2,15-16-9-6-5-7-10-16)22-23(20-3,21-4)14-8-12-19-13-11-18/h5-7,9-10,19H,8,11-15,18H2,1-4H3. The molecule has 6 heteroatoms. The second-order valence-electron chi connectivity index (χ2n) is 6.26. The fraction of sp³-hybridized carbons (Fsp3) is 0.647. The highest BCUT2D eigenvalue weighted by Gasteiger charge is 2.43. The third kappa shape index (κ3) is 7.56. The Morgan fingerprint density at radius 3 is 2.30 bits per heavy atom. The van der Waals surface area contributed by atoms with Crippen molar-refractivity contribution >= 4 is 8.80 Å². The SMILES string of the molecule is CO[Si](CCCNCCN)(OC)OC(C)(C)Cc1ccccc1. The van der Waals surface area contributed by atoms with Crippen LogP contribution in [0.3, 0.4) is 0 Å². The van der Waals surface area contributed by atoms with Gasteiger partial charge in [0.2, 0.25) is 0 Å². The van der Waals surface area contributed by atoms with Crippen molar-refractivity contribution in [3.05, 3.63) is 35.9 Å². The number of rotatable bonds is 12. The van der Waals surface area contributed by atoms with E-state index < -0.39 is 8.80 Å². The van der Waals surface area contributed by atoms with E-state index in [1.807, 2.05) is 18.2 Å². The first-order valence-corrected chi connectivity index (χ1v) is 10.2. The first-order chi connectivity index (χ1) is 11.0. The van der Waals surface area contributed by atoms with Crippen LogP contribution in [0.1, 0.15) is 25.8 Å². The molecule has 0 aliphatic rings. The van der Waals surface area contributed by atoms with Gasteiger partial charge in [0.15, 0.2) is 0 Å². The minimum absolute atomic E-state index is 0.343. The predicted molar refractivity (Wildman–Crippen MR) is 96.4 cm³/mol. The van der Waals surface area contributed by atoms with E-state index in [9.17, 15) is 0 Å². The molecule has 0 saturated heterocycles. The summed E-state index contributed by atoms with van der Waals surface area (Å²) in [6, 6.07) is 11.1. The first-order valence-electron chi connectivity index (χ1n) is 8.22. The maximum absolute atomic E-state index is 6.38. The molecule has 0 aliphatic carbocycles. The molecule has 132 valence electrons. The molecule has 1 aromatic carbocycles. The predicted octanol–water partition coefficient (Wildman–Crippen LogP) is 2.19. The first kappa shape index (κ1) is 20.3. The average molecular weight is 341 g/mol. The second-order valence-corrected chi connectivity index (χ2v) is 9.14. The summed E-state index contributed by atoms with van der Waals surface area (Å²) in [5.74, 6) is 0. The summed E-state index contributed by atoms with van der Waals surface area (Å²) in [5.41, 5.74) is 6.38. The molecule has 0 aliphatic heterocycles. The monoisotopic (exact) mass is 340 g/mol. The Labute approximate surface area is 141 Å². The maximum Gasteiger partial charge on any atom is 0.500 e. The fourth-order valence-corrected chi connectivity index (χ4v) is 4.99. The summed E-state index contributed by atoms with van der Waals surface area (Å²) in [7, 11) is 0.700. The van der Waals surface area contributed by atoms with Crippen LogP contribution in [0.2, 0.25) is 6.04 Å². The summed E-state index contributed by atoms with van der Waals surface area (Å²) in [4.78, 5) is 0. The van der Waals surface area contributed by atoms with Crippen LogP contribution in [-0.2, 0) is 19.7 Å². The number of nitrogens with two attached hydrogens (primary N) is 1. The van der Waals surface area contributed by atoms with Crippen molar-refractivity contribution in [1.29, 1.82) is 0 Å². The van der Waals surface area contributed by atoms with E-state index >= 15 is 0 Å². The molecule has 0 aromatic heterocycles. The van der Waals surface area contributed by atoms with Gasteiger partial charge in [-0.05, 0) is 38.8 Å². The van der Waals surface area contributed by atoms with Crippen LogP contribution in [0.4, 0.5) is 0 Å². The highest BCUT2D eigenvalue weighted by molar-refractivity contribution is 6.60. The van der Waals surface area contributed by atoms with Gasteiger partial charge in [-0.2, -0.15) is 0 Å². The molecule has 3 N–H and O–H groups in total. The lowest BCUT2D eigenvalue weighted by atomic mass is 9.99. The summed E-state index contributed by atoms with van der Waals surface area (Å²) in [5, 5.41) is 3.29. The van der Waals surface area contributed by atoms with E-state index in [-0.39, 0.29) is 5.60 Å². The number of hydrogen-bond donors (Lipinski definition) is 2. The van der Waals surface area contributed by atoms with Crippen LogP contribution >= 0.6 is 0 Å². The molecule has 0 spiro atoms. The highest BCUT2D eigenvalue weighted by Crippen LogP contribution is 2.26. The molecule has 0 radical (unpaired) electrons. The highest BCUT2D eigenvalue weighted by atomic mass is 28.4. The zero-order valence-electron chi connectivity index (χ0n) is 14.9. The Morgan fingerprint density at radius 2 is 1.74 bits per heavy atom. The molecule has 0 saturated carbocycles. The quantitative estimate of drug-likeness (QED) is 0.451. The molecule has 0 fully saturated rings. The van der Waals surface area contributed by atoms with E-state index in [1.54, 1.807) is 14.2 Å². The van der Waals surface area contributed by atoms with Crippen molar-refractivity contribution in [1.82, 2.24) is 5.32 Å². The third-order valence-electron chi connectivity index (χ3n) is 3.68. The van der Waals surface area contributed by atoms with Crippen molar-refractivity contribution in [2.45, 2.75) is 38.3 Å². The van der Waals surface area contributed by atoms with Gasteiger partial charge in [-0.3, -0.25) is 0 Å². The van der Waals surface area contributed by atoms with Gasteiger partial charge in [0.25, 0.3) is 0 Å². The second kappa shape index (κ2) is 10.2. The number of benzene rings is 1. The Morgan fingerprint density at radius 1 is 1.09 bits per heavy atom. The Balaban J connectivity index is 2.61. The largest absolute Gasteiger partial charge is 0.500 e. The lowest BCUT2D eigenvalue weighted by Gasteiger charge is -2.36. The van der Waals surface area contributed by atoms with Crippen molar-refractivity contribution in [2.75, 3.05) is 33.9 Å². The van der Waals surface area contributed by atoms with E-state index in [0.717, 1.165) is 32.0 Å². The lowest BCUT2D eigenvalue weighted by Crippen LogP contribution is -2.51. The Hall–Kier alpha value is -0.763. The van der Waals surface area contributed by atoms with Crippen molar-refractivity contribution < 1.29 is 13.3 Å². The van der Waals surface area contributed by atoms with Gasteiger partial charge in [0.1, 0.15) is 0 Å². The molecule has 1 rings (SSSR count). The normalized spacial score (nSPS) is 12.6. The van der Waals surface area contributed by atoms with Gasteiger partial charge < -0.3 is 24.3 Å². The Bertz CT molecular complexity index is 425. The van der Waals surface area contributed by atoms with Crippen LogP contribution in [-0.4, -0.2) is 48.3 Å². The average Bonchev–Trinajstić information content (AvgIpc) is 2.54.